The van der Waals surface area contributed by atoms with E-state index in [1.165, 1.54) is 10.5 Å². The van der Waals surface area contributed by atoms with Gasteiger partial charge in [0.05, 0.1) is 0 Å². The van der Waals surface area contributed by atoms with Crippen LogP contribution >= 0.6 is 11.8 Å². The molecule has 18 heavy (non-hydrogen) atoms. The molecule has 1 N–H and O–H groups in total. The topological polar surface area (TPSA) is 37.8 Å². The lowest BCUT2D eigenvalue weighted by molar-refractivity contribution is 0.984. The molecule has 1 aromatic heterocycles. The summed E-state index contributed by atoms with van der Waals surface area (Å²) in [5, 5.41) is 4.13. The standard InChI is InChI=1S/C14H17N3S/c1-4-15-14-16-11(3)9-13(17-14)18-12-7-5-6-10(2)8-12/h5-9H,4H2,1-3H3,(H,15,16,17). The van der Waals surface area contributed by atoms with Crippen LogP contribution in [0.5, 0.6) is 0 Å². The van der Waals surface area contributed by atoms with E-state index >= 15 is 0 Å². The second-order valence-electron chi connectivity index (χ2n) is 4.12. The van der Waals surface area contributed by atoms with Gasteiger partial charge in [0.1, 0.15) is 5.03 Å². The number of hydrogen-bond acceptors (Lipinski definition) is 4. The van der Waals surface area contributed by atoms with E-state index in [2.05, 4.69) is 46.5 Å². The van der Waals surface area contributed by atoms with Crippen molar-refractivity contribution < 1.29 is 0 Å². The number of hydrogen-bond donors (Lipinski definition) is 1. The first kappa shape index (κ1) is 12.9. The lowest BCUT2D eigenvalue weighted by atomic mass is 10.2. The SMILES string of the molecule is CCNc1nc(C)cc(Sc2cccc(C)c2)n1. The van der Waals surface area contributed by atoms with Crippen LogP contribution in [-0.4, -0.2) is 16.5 Å². The van der Waals surface area contributed by atoms with Gasteiger partial charge in [-0.1, -0.05) is 29.5 Å². The molecule has 0 aliphatic rings. The first-order valence-corrected chi connectivity index (χ1v) is 6.83. The van der Waals surface area contributed by atoms with E-state index in [1.807, 2.05) is 19.9 Å². The summed E-state index contributed by atoms with van der Waals surface area (Å²) in [6.45, 7) is 6.96. The minimum absolute atomic E-state index is 0.702. The Bertz CT molecular complexity index is 540. The van der Waals surface area contributed by atoms with Crippen LogP contribution in [0.25, 0.3) is 0 Å². The maximum atomic E-state index is 4.49. The normalized spacial score (nSPS) is 10.4. The molecule has 0 atom stereocenters. The second kappa shape index (κ2) is 5.87. The van der Waals surface area contributed by atoms with Crippen LogP contribution in [0.4, 0.5) is 5.95 Å². The van der Waals surface area contributed by atoms with Crippen molar-refractivity contribution in [3.05, 3.63) is 41.6 Å². The predicted molar refractivity (Wildman–Crippen MR) is 76.2 cm³/mol. The summed E-state index contributed by atoms with van der Waals surface area (Å²) in [4.78, 5) is 10.0. The quantitative estimate of drug-likeness (QED) is 0.850. The Hall–Kier alpha value is -1.55. The van der Waals surface area contributed by atoms with Crippen LogP contribution in [0.15, 0.2) is 40.3 Å². The van der Waals surface area contributed by atoms with Crippen molar-refractivity contribution in [1.29, 1.82) is 0 Å². The molecular formula is C14H17N3S. The van der Waals surface area contributed by atoms with Crippen molar-refractivity contribution in [2.24, 2.45) is 0 Å². The number of aryl methyl sites for hydroxylation is 2. The van der Waals surface area contributed by atoms with E-state index in [1.54, 1.807) is 11.8 Å². The number of nitrogens with one attached hydrogen (secondary N) is 1. The second-order valence-corrected chi connectivity index (χ2v) is 5.21. The Balaban J connectivity index is 2.23. The molecule has 0 aliphatic carbocycles. The molecule has 4 heteroatoms. The molecule has 3 nitrogen and oxygen atoms in total. The van der Waals surface area contributed by atoms with Crippen LogP contribution in [-0.2, 0) is 0 Å². The number of nitrogens with zero attached hydrogens (tertiary/aromatic N) is 2. The van der Waals surface area contributed by atoms with Gasteiger partial charge in [-0.05, 0) is 39.0 Å². The minimum Gasteiger partial charge on any atom is -0.354 e. The van der Waals surface area contributed by atoms with Gasteiger partial charge in [-0.15, -0.1) is 0 Å². The third kappa shape index (κ3) is 3.47. The molecule has 0 amide bonds. The van der Waals surface area contributed by atoms with E-state index in [9.17, 15) is 0 Å². The molecule has 0 aliphatic heterocycles. The average Bonchev–Trinajstić information content (AvgIpc) is 2.28. The maximum absolute atomic E-state index is 4.49. The third-order valence-electron chi connectivity index (χ3n) is 2.38. The highest BCUT2D eigenvalue weighted by Crippen LogP contribution is 2.27. The smallest absolute Gasteiger partial charge is 0.223 e. The summed E-state index contributed by atoms with van der Waals surface area (Å²) in [5.74, 6) is 0.702. The fraction of sp³-hybridized carbons (Fsp3) is 0.286. The zero-order chi connectivity index (χ0) is 13.0. The lowest BCUT2D eigenvalue weighted by Crippen LogP contribution is -2.03. The van der Waals surface area contributed by atoms with Gasteiger partial charge in [-0.2, -0.15) is 0 Å². The third-order valence-corrected chi connectivity index (χ3v) is 3.29. The van der Waals surface area contributed by atoms with Crippen molar-refractivity contribution >= 4 is 17.7 Å². The zero-order valence-electron chi connectivity index (χ0n) is 10.9. The van der Waals surface area contributed by atoms with Crippen molar-refractivity contribution in [3.8, 4) is 0 Å². The monoisotopic (exact) mass is 259 g/mol. The Morgan fingerprint density at radius 2 is 2.00 bits per heavy atom. The van der Waals surface area contributed by atoms with Crippen LogP contribution < -0.4 is 5.32 Å². The molecule has 1 heterocycles. The van der Waals surface area contributed by atoms with E-state index < -0.39 is 0 Å². The number of rotatable bonds is 4. The van der Waals surface area contributed by atoms with E-state index in [-0.39, 0.29) is 0 Å². The van der Waals surface area contributed by atoms with Crippen molar-refractivity contribution in [2.45, 2.75) is 30.7 Å². The van der Waals surface area contributed by atoms with E-state index in [0.717, 1.165) is 17.3 Å². The summed E-state index contributed by atoms with van der Waals surface area (Å²) in [5.41, 5.74) is 2.24. The molecule has 2 aromatic rings. The summed E-state index contributed by atoms with van der Waals surface area (Å²) in [7, 11) is 0. The molecule has 0 fully saturated rings. The molecule has 0 radical (unpaired) electrons. The van der Waals surface area contributed by atoms with Crippen molar-refractivity contribution in [1.82, 2.24) is 9.97 Å². The fourth-order valence-electron chi connectivity index (χ4n) is 1.63. The Kier molecular flexibility index (Phi) is 4.20. The zero-order valence-corrected chi connectivity index (χ0v) is 11.7. The minimum atomic E-state index is 0.702. The summed E-state index contributed by atoms with van der Waals surface area (Å²) < 4.78 is 0. The molecule has 0 spiro atoms. The number of anilines is 1. The van der Waals surface area contributed by atoms with Crippen molar-refractivity contribution in [2.75, 3.05) is 11.9 Å². The molecule has 2 rings (SSSR count). The Labute approximate surface area is 112 Å². The molecule has 0 saturated heterocycles. The fourth-order valence-corrected chi connectivity index (χ4v) is 2.62. The van der Waals surface area contributed by atoms with Gasteiger partial charge in [0, 0.05) is 17.1 Å². The molecule has 1 aromatic carbocycles. The van der Waals surface area contributed by atoms with Crippen LogP contribution in [0.1, 0.15) is 18.2 Å². The molecular weight excluding hydrogens is 242 g/mol. The summed E-state index contributed by atoms with van der Waals surface area (Å²) >= 11 is 1.66. The Morgan fingerprint density at radius 1 is 1.17 bits per heavy atom. The number of aromatic nitrogens is 2. The molecule has 0 saturated carbocycles. The molecule has 0 bridgehead atoms. The summed E-state index contributed by atoms with van der Waals surface area (Å²) in [6, 6.07) is 10.4. The van der Waals surface area contributed by atoms with Gasteiger partial charge in [0.25, 0.3) is 0 Å². The largest absolute Gasteiger partial charge is 0.354 e. The predicted octanol–water partition coefficient (Wildman–Crippen LogP) is 3.68. The van der Waals surface area contributed by atoms with Crippen molar-refractivity contribution in [3.63, 3.8) is 0 Å². The lowest BCUT2D eigenvalue weighted by Gasteiger charge is -2.06. The van der Waals surface area contributed by atoms with Gasteiger partial charge < -0.3 is 5.32 Å². The first-order chi connectivity index (χ1) is 8.67. The Morgan fingerprint density at radius 3 is 2.72 bits per heavy atom. The summed E-state index contributed by atoms with van der Waals surface area (Å²) in [6.07, 6.45) is 0. The van der Waals surface area contributed by atoms with Gasteiger partial charge in [0.15, 0.2) is 0 Å². The highest BCUT2D eigenvalue weighted by molar-refractivity contribution is 7.99. The molecule has 94 valence electrons. The van der Waals surface area contributed by atoms with Gasteiger partial charge in [-0.25, -0.2) is 9.97 Å². The highest BCUT2D eigenvalue weighted by Gasteiger charge is 2.03. The van der Waals surface area contributed by atoms with Crippen LogP contribution in [0, 0.1) is 13.8 Å². The average molecular weight is 259 g/mol. The number of benzene rings is 1. The van der Waals surface area contributed by atoms with E-state index in [4.69, 9.17) is 0 Å². The van der Waals surface area contributed by atoms with Gasteiger partial charge >= 0.3 is 0 Å². The van der Waals surface area contributed by atoms with Crippen LogP contribution in [0.2, 0.25) is 0 Å². The van der Waals surface area contributed by atoms with Crippen LogP contribution in [0.3, 0.4) is 0 Å². The molecule has 0 unspecified atom stereocenters. The van der Waals surface area contributed by atoms with E-state index in [0.29, 0.717) is 5.95 Å². The van der Waals surface area contributed by atoms with Gasteiger partial charge in [0.2, 0.25) is 5.95 Å². The highest BCUT2D eigenvalue weighted by atomic mass is 32.2. The maximum Gasteiger partial charge on any atom is 0.223 e. The van der Waals surface area contributed by atoms with Gasteiger partial charge in [-0.3, -0.25) is 0 Å². The first-order valence-electron chi connectivity index (χ1n) is 6.01.